The number of carbonyl (C=O) groups is 2. The van der Waals surface area contributed by atoms with E-state index in [1.54, 1.807) is 0 Å². The molecule has 27 heavy (non-hydrogen) atoms. The molecule has 0 aromatic heterocycles. The molecule has 1 aliphatic heterocycles. The van der Waals surface area contributed by atoms with Gasteiger partial charge in [-0.05, 0) is 38.2 Å². The molecule has 3 N–H and O–H groups in total. The van der Waals surface area contributed by atoms with Gasteiger partial charge >= 0.3 is 0 Å². The maximum atomic E-state index is 12.4. The first-order valence-corrected chi connectivity index (χ1v) is 9.97. The number of carbonyl (C=O) groups excluding carboxylic acids is 2. The van der Waals surface area contributed by atoms with E-state index in [0.717, 1.165) is 31.2 Å². The van der Waals surface area contributed by atoms with Crippen molar-refractivity contribution in [2.75, 3.05) is 6.61 Å². The Kier molecular flexibility index (Phi) is 6.85. The average molecular weight is 374 g/mol. The molecule has 6 heteroatoms. The molecule has 2 amide bonds. The lowest BCUT2D eigenvalue weighted by atomic mass is 9.84. The summed E-state index contributed by atoms with van der Waals surface area (Å²) in [5.41, 5.74) is 1.06. The number of ether oxygens (including phenoxy) is 1. The lowest BCUT2D eigenvalue weighted by Crippen LogP contribution is -2.53. The highest BCUT2D eigenvalue weighted by molar-refractivity contribution is 5.79. The smallest absolute Gasteiger partial charge is 0.223 e. The fourth-order valence-electron chi connectivity index (χ4n) is 3.75. The molecule has 1 aliphatic carbocycles. The Morgan fingerprint density at radius 1 is 1.19 bits per heavy atom. The summed E-state index contributed by atoms with van der Waals surface area (Å²) in [4.78, 5) is 24.5. The Morgan fingerprint density at radius 2 is 1.93 bits per heavy atom. The van der Waals surface area contributed by atoms with Crippen LogP contribution in [0.2, 0.25) is 0 Å². The first kappa shape index (κ1) is 19.8. The van der Waals surface area contributed by atoms with Crippen LogP contribution in [-0.4, -0.2) is 41.8 Å². The fraction of sp³-hybridized carbons (Fsp3) is 0.619. The van der Waals surface area contributed by atoms with Crippen LogP contribution in [0.5, 0.6) is 0 Å². The molecule has 0 spiro atoms. The largest absolute Gasteiger partial charge is 0.394 e. The van der Waals surface area contributed by atoms with Crippen LogP contribution in [-0.2, 0) is 14.3 Å². The van der Waals surface area contributed by atoms with Gasteiger partial charge < -0.3 is 20.5 Å². The van der Waals surface area contributed by atoms with Crippen molar-refractivity contribution in [3.05, 3.63) is 35.9 Å². The van der Waals surface area contributed by atoms with E-state index < -0.39 is 6.10 Å². The van der Waals surface area contributed by atoms with Crippen molar-refractivity contribution in [3.63, 3.8) is 0 Å². The highest BCUT2D eigenvalue weighted by atomic mass is 16.5. The molecule has 3 rings (SSSR count). The quantitative estimate of drug-likeness (QED) is 0.682. The van der Waals surface area contributed by atoms with Crippen molar-refractivity contribution in [3.8, 4) is 0 Å². The number of benzene rings is 1. The number of hydrogen-bond donors (Lipinski definition) is 3. The summed E-state index contributed by atoms with van der Waals surface area (Å²) >= 11 is 0. The van der Waals surface area contributed by atoms with E-state index in [2.05, 4.69) is 10.6 Å². The SMILES string of the molecule is C[C@@H](NC(=O)C[C@@H]1CC[C@H](NC(=O)C2CCC2)[C@H](CO)O1)c1ccccc1. The number of amides is 2. The van der Waals surface area contributed by atoms with Gasteiger partial charge in [0.1, 0.15) is 6.10 Å². The third-order valence-electron chi connectivity index (χ3n) is 5.69. The highest BCUT2D eigenvalue weighted by Crippen LogP contribution is 2.28. The Hall–Kier alpha value is -1.92. The number of hydrogen-bond acceptors (Lipinski definition) is 4. The summed E-state index contributed by atoms with van der Waals surface area (Å²) in [6.07, 6.45) is 4.00. The van der Waals surface area contributed by atoms with Crippen molar-refractivity contribution >= 4 is 11.8 Å². The van der Waals surface area contributed by atoms with E-state index in [1.165, 1.54) is 0 Å². The molecule has 1 aromatic rings. The zero-order valence-electron chi connectivity index (χ0n) is 15.9. The average Bonchev–Trinajstić information content (AvgIpc) is 2.62. The zero-order valence-corrected chi connectivity index (χ0v) is 15.9. The Morgan fingerprint density at radius 3 is 2.56 bits per heavy atom. The molecular weight excluding hydrogens is 344 g/mol. The molecule has 0 bridgehead atoms. The first-order chi connectivity index (χ1) is 13.1. The molecule has 2 fully saturated rings. The molecule has 1 aromatic carbocycles. The fourth-order valence-corrected chi connectivity index (χ4v) is 3.75. The Labute approximate surface area is 160 Å². The maximum Gasteiger partial charge on any atom is 0.223 e. The molecular formula is C21H30N2O4. The first-order valence-electron chi connectivity index (χ1n) is 9.97. The lowest BCUT2D eigenvalue weighted by molar-refractivity contribution is -0.139. The van der Waals surface area contributed by atoms with Crippen LogP contribution in [0.15, 0.2) is 30.3 Å². The molecule has 0 unspecified atom stereocenters. The van der Waals surface area contributed by atoms with E-state index in [-0.39, 0.29) is 48.9 Å². The second-order valence-corrected chi connectivity index (χ2v) is 7.70. The predicted octanol–water partition coefficient (Wildman–Crippen LogP) is 2.08. The summed E-state index contributed by atoms with van der Waals surface area (Å²) in [6.45, 7) is 1.80. The van der Waals surface area contributed by atoms with E-state index >= 15 is 0 Å². The second kappa shape index (κ2) is 9.33. The van der Waals surface area contributed by atoms with Gasteiger partial charge in [-0.1, -0.05) is 36.8 Å². The molecule has 1 saturated carbocycles. The van der Waals surface area contributed by atoms with Crippen LogP contribution in [0.25, 0.3) is 0 Å². The number of aliphatic hydroxyl groups is 1. The molecule has 148 valence electrons. The minimum Gasteiger partial charge on any atom is -0.394 e. The summed E-state index contributed by atoms with van der Waals surface area (Å²) in [5, 5.41) is 15.7. The van der Waals surface area contributed by atoms with Crippen LogP contribution in [0.4, 0.5) is 0 Å². The summed E-state index contributed by atoms with van der Waals surface area (Å²) in [5.74, 6) is 0.124. The van der Waals surface area contributed by atoms with Gasteiger partial charge in [0, 0.05) is 5.92 Å². The Bertz CT molecular complexity index is 632. The van der Waals surface area contributed by atoms with E-state index in [1.807, 2.05) is 37.3 Å². The molecule has 6 nitrogen and oxygen atoms in total. The molecule has 0 radical (unpaired) electrons. The second-order valence-electron chi connectivity index (χ2n) is 7.70. The van der Waals surface area contributed by atoms with Crippen molar-refractivity contribution in [1.29, 1.82) is 0 Å². The van der Waals surface area contributed by atoms with Crippen molar-refractivity contribution in [2.24, 2.45) is 5.92 Å². The molecule has 2 aliphatic rings. The predicted molar refractivity (Wildman–Crippen MR) is 102 cm³/mol. The van der Waals surface area contributed by atoms with Crippen molar-refractivity contribution in [2.45, 2.75) is 69.7 Å². The van der Waals surface area contributed by atoms with Gasteiger partial charge in [-0.3, -0.25) is 9.59 Å². The van der Waals surface area contributed by atoms with Crippen LogP contribution in [0.1, 0.15) is 57.1 Å². The summed E-state index contributed by atoms with van der Waals surface area (Å²) in [7, 11) is 0. The lowest BCUT2D eigenvalue weighted by Gasteiger charge is -2.37. The van der Waals surface area contributed by atoms with Crippen LogP contribution >= 0.6 is 0 Å². The minimum atomic E-state index is -0.452. The number of aliphatic hydroxyl groups excluding tert-OH is 1. The van der Waals surface area contributed by atoms with Gasteiger partial charge in [-0.25, -0.2) is 0 Å². The van der Waals surface area contributed by atoms with E-state index in [4.69, 9.17) is 4.74 Å². The van der Waals surface area contributed by atoms with Gasteiger partial charge in [0.05, 0.1) is 31.2 Å². The third-order valence-corrected chi connectivity index (χ3v) is 5.69. The van der Waals surface area contributed by atoms with Crippen LogP contribution in [0.3, 0.4) is 0 Å². The summed E-state index contributed by atoms with van der Waals surface area (Å²) in [6, 6.07) is 9.58. The Balaban J connectivity index is 1.46. The van der Waals surface area contributed by atoms with Gasteiger partial charge in [0.25, 0.3) is 0 Å². The molecule has 1 saturated heterocycles. The van der Waals surface area contributed by atoms with Crippen molar-refractivity contribution < 1.29 is 19.4 Å². The monoisotopic (exact) mass is 374 g/mol. The van der Waals surface area contributed by atoms with Gasteiger partial charge in [-0.15, -0.1) is 0 Å². The van der Waals surface area contributed by atoms with Gasteiger partial charge in [-0.2, -0.15) is 0 Å². The van der Waals surface area contributed by atoms with Crippen molar-refractivity contribution in [1.82, 2.24) is 10.6 Å². The standard InChI is InChI=1S/C21H30N2O4/c1-14(15-6-3-2-4-7-15)22-20(25)12-17-10-11-18(19(13-24)27-17)23-21(26)16-8-5-9-16/h2-4,6-7,14,16-19,24H,5,8-13H2,1H3,(H,22,25)(H,23,26)/t14-,17+,18+,19+/m1/s1. The zero-order chi connectivity index (χ0) is 19.2. The highest BCUT2D eigenvalue weighted by Gasteiger charge is 2.35. The third kappa shape index (κ3) is 5.30. The topological polar surface area (TPSA) is 87.7 Å². The summed E-state index contributed by atoms with van der Waals surface area (Å²) < 4.78 is 5.91. The van der Waals surface area contributed by atoms with Crippen LogP contribution < -0.4 is 10.6 Å². The maximum absolute atomic E-state index is 12.4. The molecule has 1 heterocycles. The van der Waals surface area contributed by atoms with Crippen LogP contribution in [0, 0.1) is 5.92 Å². The van der Waals surface area contributed by atoms with Gasteiger partial charge in [0.15, 0.2) is 0 Å². The van der Waals surface area contributed by atoms with E-state index in [9.17, 15) is 14.7 Å². The van der Waals surface area contributed by atoms with Gasteiger partial charge in [0.2, 0.25) is 11.8 Å². The minimum absolute atomic E-state index is 0.0644. The normalized spacial score (nSPS) is 26.7. The number of nitrogens with one attached hydrogen (secondary N) is 2. The van der Waals surface area contributed by atoms with E-state index in [0.29, 0.717) is 6.42 Å². The molecule has 4 atom stereocenters. The number of rotatable bonds is 7.